The van der Waals surface area contributed by atoms with Crippen molar-refractivity contribution in [3.8, 4) is 5.75 Å². The first-order valence-corrected chi connectivity index (χ1v) is 8.04. The van der Waals surface area contributed by atoms with E-state index in [0.717, 1.165) is 32.7 Å². The third kappa shape index (κ3) is 5.91. The zero-order valence-electron chi connectivity index (χ0n) is 13.5. The van der Waals surface area contributed by atoms with Crippen molar-refractivity contribution in [3.63, 3.8) is 0 Å². The molecule has 1 aromatic carbocycles. The summed E-state index contributed by atoms with van der Waals surface area (Å²) in [4.78, 5) is 4.75. The SMILES string of the molecule is CC(C)CN1CCN(C[C@H](O)COc2ccc(F)cc2)CC1. The molecule has 1 N–H and O–H groups in total. The van der Waals surface area contributed by atoms with E-state index < -0.39 is 6.10 Å². The number of ether oxygens (including phenoxy) is 1. The van der Waals surface area contributed by atoms with Crippen molar-refractivity contribution in [2.24, 2.45) is 5.92 Å². The summed E-state index contributed by atoms with van der Waals surface area (Å²) >= 11 is 0. The predicted molar refractivity (Wildman–Crippen MR) is 85.6 cm³/mol. The average Bonchev–Trinajstić information content (AvgIpc) is 2.48. The second kappa shape index (κ2) is 8.46. The Hall–Kier alpha value is -1.17. The summed E-state index contributed by atoms with van der Waals surface area (Å²) in [6, 6.07) is 5.87. The fourth-order valence-electron chi connectivity index (χ4n) is 2.74. The van der Waals surface area contributed by atoms with E-state index in [-0.39, 0.29) is 12.4 Å². The molecule has 5 heteroatoms. The molecule has 2 rings (SSSR count). The van der Waals surface area contributed by atoms with E-state index in [9.17, 15) is 9.50 Å². The minimum Gasteiger partial charge on any atom is -0.491 e. The third-order valence-corrected chi connectivity index (χ3v) is 3.81. The van der Waals surface area contributed by atoms with Crippen LogP contribution in [0.25, 0.3) is 0 Å². The molecule has 124 valence electrons. The molecule has 1 fully saturated rings. The van der Waals surface area contributed by atoms with Gasteiger partial charge in [-0.3, -0.25) is 4.90 Å². The maximum atomic E-state index is 12.8. The Morgan fingerprint density at radius 1 is 1.05 bits per heavy atom. The second-order valence-electron chi connectivity index (χ2n) is 6.41. The molecule has 1 atom stereocenters. The van der Waals surface area contributed by atoms with Crippen molar-refractivity contribution in [1.82, 2.24) is 9.80 Å². The summed E-state index contributed by atoms with van der Waals surface area (Å²) in [6.45, 7) is 10.6. The lowest BCUT2D eigenvalue weighted by Crippen LogP contribution is -2.49. The number of nitrogens with zero attached hydrogens (tertiary/aromatic N) is 2. The van der Waals surface area contributed by atoms with Crippen molar-refractivity contribution in [2.75, 3.05) is 45.9 Å². The van der Waals surface area contributed by atoms with E-state index >= 15 is 0 Å². The van der Waals surface area contributed by atoms with Gasteiger partial charge in [0, 0.05) is 39.3 Å². The summed E-state index contributed by atoms with van der Waals surface area (Å²) in [5.74, 6) is 0.996. The minimum atomic E-state index is -0.526. The molecule has 0 unspecified atom stereocenters. The van der Waals surface area contributed by atoms with Crippen molar-refractivity contribution >= 4 is 0 Å². The number of aliphatic hydroxyl groups is 1. The number of benzene rings is 1. The molecule has 0 amide bonds. The zero-order chi connectivity index (χ0) is 15.9. The van der Waals surface area contributed by atoms with E-state index in [1.165, 1.54) is 12.1 Å². The Kier molecular flexibility index (Phi) is 6.61. The molecule has 1 aliphatic rings. The van der Waals surface area contributed by atoms with Crippen molar-refractivity contribution < 1.29 is 14.2 Å². The van der Waals surface area contributed by atoms with E-state index in [0.29, 0.717) is 18.2 Å². The first-order valence-electron chi connectivity index (χ1n) is 8.04. The zero-order valence-corrected chi connectivity index (χ0v) is 13.5. The van der Waals surface area contributed by atoms with Crippen LogP contribution >= 0.6 is 0 Å². The van der Waals surface area contributed by atoms with Gasteiger partial charge in [-0.15, -0.1) is 0 Å². The molecule has 4 nitrogen and oxygen atoms in total. The number of piperazine rings is 1. The fourth-order valence-corrected chi connectivity index (χ4v) is 2.74. The van der Waals surface area contributed by atoms with Gasteiger partial charge in [0.15, 0.2) is 0 Å². The molecule has 1 aromatic rings. The molecule has 0 radical (unpaired) electrons. The number of β-amino-alcohol motifs (C(OH)–C–C–N with tert-alkyl or cyclic N) is 1. The first-order chi connectivity index (χ1) is 10.5. The molecular formula is C17H27FN2O2. The van der Waals surface area contributed by atoms with E-state index in [2.05, 4.69) is 23.6 Å². The van der Waals surface area contributed by atoms with Gasteiger partial charge in [0.2, 0.25) is 0 Å². The van der Waals surface area contributed by atoms with Gasteiger partial charge < -0.3 is 14.7 Å². The highest BCUT2D eigenvalue weighted by atomic mass is 19.1. The molecule has 0 saturated carbocycles. The van der Waals surface area contributed by atoms with Crippen LogP contribution in [0, 0.1) is 11.7 Å². The van der Waals surface area contributed by atoms with Crippen molar-refractivity contribution in [2.45, 2.75) is 20.0 Å². The van der Waals surface area contributed by atoms with Crippen LogP contribution in [-0.4, -0.2) is 66.9 Å². The van der Waals surface area contributed by atoms with Crippen LogP contribution in [0.2, 0.25) is 0 Å². The summed E-state index contributed by atoms with van der Waals surface area (Å²) in [6.07, 6.45) is -0.526. The van der Waals surface area contributed by atoms with Crippen LogP contribution in [0.3, 0.4) is 0 Å². The summed E-state index contributed by atoms with van der Waals surface area (Å²) in [5.41, 5.74) is 0. The monoisotopic (exact) mass is 310 g/mol. The Balaban J connectivity index is 1.65. The van der Waals surface area contributed by atoms with Gasteiger partial charge in [-0.05, 0) is 30.2 Å². The van der Waals surface area contributed by atoms with Gasteiger partial charge in [-0.1, -0.05) is 13.8 Å². The average molecular weight is 310 g/mol. The van der Waals surface area contributed by atoms with E-state index in [1.54, 1.807) is 12.1 Å². The standard InChI is InChI=1S/C17H27FN2O2/c1-14(2)11-19-7-9-20(10-8-19)12-16(21)13-22-17-5-3-15(18)4-6-17/h3-6,14,16,21H,7-13H2,1-2H3/t16-/m0/s1. The highest BCUT2D eigenvalue weighted by Gasteiger charge is 2.19. The topological polar surface area (TPSA) is 35.9 Å². The first kappa shape index (κ1) is 17.2. The summed E-state index contributed by atoms with van der Waals surface area (Å²) in [5, 5.41) is 10.1. The number of aliphatic hydroxyl groups excluding tert-OH is 1. The van der Waals surface area contributed by atoms with Crippen LogP contribution in [-0.2, 0) is 0 Å². The predicted octanol–water partition coefficient (Wildman–Crippen LogP) is 1.84. The van der Waals surface area contributed by atoms with Crippen LogP contribution in [0.1, 0.15) is 13.8 Å². The molecule has 22 heavy (non-hydrogen) atoms. The summed E-state index contributed by atoms with van der Waals surface area (Å²) in [7, 11) is 0. The number of halogens is 1. The van der Waals surface area contributed by atoms with Gasteiger partial charge in [0.05, 0.1) is 0 Å². The maximum Gasteiger partial charge on any atom is 0.123 e. The third-order valence-electron chi connectivity index (χ3n) is 3.81. The van der Waals surface area contributed by atoms with Crippen molar-refractivity contribution in [1.29, 1.82) is 0 Å². The van der Waals surface area contributed by atoms with Crippen molar-refractivity contribution in [3.05, 3.63) is 30.1 Å². The van der Waals surface area contributed by atoms with Gasteiger partial charge in [-0.2, -0.15) is 0 Å². The largest absolute Gasteiger partial charge is 0.491 e. The number of hydrogen-bond donors (Lipinski definition) is 1. The van der Waals surface area contributed by atoms with E-state index in [4.69, 9.17) is 4.74 Å². The summed E-state index contributed by atoms with van der Waals surface area (Å²) < 4.78 is 18.3. The van der Waals surface area contributed by atoms with Gasteiger partial charge >= 0.3 is 0 Å². The molecule has 0 aromatic heterocycles. The quantitative estimate of drug-likeness (QED) is 0.834. The van der Waals surface area contributed by atoms with Gasteiger partial charge in [0.1, 0.15) is 24.3 Å². The fraction of sp³-hybridized carbons (Fsp3) is 0.647. The molecule has 1 saturated heterocycles. The van der Waals surface area contributed by atoms with Crippen LogP contribution in [0.15, 0.2) is 24.3 Å². The molecule has 0 spiro atoms. The van der Waals surface area contributed by atoms with E-state index in [1.807, 2.05) is 0 Å². The molecule has 1 aliphatic heterocycles. The lowest BCUT2D eigenvalue weighted by molar-refractivity contribution is 0.0440. The maximum absolute atomic E-state index is 12.8. The van der Waals surface area contributed by atoms with Gasteiger partial charge in [0.25, 0.3) is 0 Å². The van der Waals surface area contributed by atoms with Crippen LogP contribution < -0.4 is 4.74 Å². The minimum absolute atomic E-state index is 0.234. The molecule has 0 bridgehead atoms. The Bertz CT molecular complexity index is 431. The lowest BCUT2D eigenvalue weighted by Gasteiger charge is -2.36. The van der Waals surface area contributed by atoms with Crippen LogP contribution in [0.5, 0.6) is 5.75 Å². The molecule has 1 heterocycles. The van der Waals surface area contributed by atoms with Gasteiger partial charge in [-0.25, -0.2) is 4.39 Å². The van der Waals surface area contributed by atoms with Crippen LogP contribution in [0.4, 0.5) is 4.39 Å². The number of rotatable bonds is 7. The highest BCUT2D eigenvalue weighted by molar-refractivity contribution is 5.22. The second-order valence-corrected chi connectivity index (χ2v) is 6.41. The normalized spacial score (nSPS) is 18.6. The Morgan fingerprint density at radius 3 is 2.14 bits per heavy atom. The molecule has 0 aliphatic carbocycles. The Labute approximate surface area is 132 Å². The smallest absolute Gasteiger partial charge is 0.123 e. The molecular weight excluding hydrogens is 283 g/mol. The number of hydrogen-bond acceptors (Lipinski definition) is 4. The lowest BCUT2D eigenvalue weighted by atomic mass is 10.2. The highest BCUT2D eigenvalue weighted by Crippen LogP contribution is 2.12. The Morgan fingerprint density at radius 2 is 1.59 bits per heavy atom.